The molecule has 8 heteroatoms. The Kier molecular flexibility index (Phi) is 5.77. The van der Waals surface area contributed by atoms with Crippen molar-refractivity contribution in [3.63, 3.8) is 0 Å². The molecule has 1 aromatic carbocycles. The van der Waals surface area contributed by atoms with Gasteiger partial charge in [0, 0.05) is 30.8 Å². The van der Waals surface area contributed by atoms with Gasteiger partial charge in [0.25, 0.3) is 5.91 Å². The van der Waals surface area contributed by atoms with Gasteiger partial charge in [-0.05, 0) is 31.4 Å². The quantitative estimate of drug-likeness (QED) is 0.758. The fraction of sp³-hybridized carbons (Fsp3) is 0.476. The Balaban J connectivity index is 1.55. The Morgan fingerprint density at radius 3 is 2.59 bits per heavy atom. The predicted molar refractivity (Wildman–Crippen MR) is 116 cm³/mol. The van der Waals surface area contributed by atoms with Crippen LogP contribution in [0.4, 0.5) is 0 Å². The molecule has 2 N–H and O–H groups in total. The lowest BCUT2D eigenvalue weighted by molar-refractivity contribution is 0.0893. The van der Waals surface area contributed by atoms with E-state index in [2.05, 4.69) is 35.4 Å². The third-order valence-electron chi connectivity index (χ3n) is 5.89. The van der Waals surface area contributed by atoms with Crippen molar-refractivity contribution >= 4 is 27.7 Å². The number of aromatic amines is 1. The second-order valence-corrected chi connectivity index (χ2v) is 11.0. The molecule has 0 bridgehead atoms. The Morgan fingerprint density at radius 2 is 1.90 bits per heavy atom. The molecule has 1 aliphatic heterocycles. The number of carbonyl (C=O) groups excluding carboxylic acids is 1. The first-order valence-corrected chi connectivity index (χ1v) is 12.7. The SMILES string of the molecule is Cc1cccc(C2(NC(=O)c3cc(S(=O)(=O)N4CCSCC4)c[nH]3)CCCC2)c1. The zero-order chi connectivity index (χ0) is 20.5. The van der Waals surface area contributed by atoms with E-state index < -0.39 is 15.6 Å². The average molecular weight is 434 g/mol. The maximum atomic E-state index is 13.0. The van der Waals surface area contributed by atoms with E-state index in [1.54, 1.807) is 11.8 Å². The summed E-state index contributed by atoms with van der Waals surface area (Å²) in [6.45, 7) is 3.07. The largest absolute Gasteiger partial charge is 0.356 e. The van der Waals surface area contributed by atoms with Crippen LogP contribution in [0.15, 0.2) is 41.4 Å². The van der Waals surface area contributed by atoms with E-state index in [0.717, 1.165) is 48.3 Å². The molecule has 2 aromatic rings. The summed E-state index contributed by atoms with van der Waals surface area (Å²) >= 11 is 1.76. The van der Waals surface area contributed by atoms with E-state index in [-0.39, 0.29) is 16.5 Å². The van der Waals surface area contributed by atoms with Crippen LogP contribution in [-0.2, 0) is 15.6 Å². The van der Waals surface area contributed by atoms with Crippen molar-refractivity contribution in [2.75, 3.05) is 24.6 Å². The van der Waals surface area contributed by atoms with E-state index in [1.165, 1.54) is 16.6 Å². The van der Waals surface area contributed by atoms with Crippen molar-refractivity contribution < 1.29 is 13.2 Å². The summed E-state index contributed by atoms with van der Waals surface area (Å²) in [6, 6.07) is 9.73. The normalized spacial score (nSPS) is 19.9. The number of amides is 1. The Labute approximate surface area is 176 Å². The molecule has 1 aliphatic carbocycles. The van der Waals surface area contributed by atoms with Crippen molar-refractivity contribution in [3.05, 3.63) is 53.3 Å². The minimum atomic E-state index is -3.57. The van der Waals surface area contributed by atoms with Gasteiger partial charge in [0.05, 0.1) is 5.54 Å². The lowest BCUT2D eigenvalue weighted by atomic mass is 9.87. The van der Waals surface area contributed by atoms with Gasteiger partial charge in [-0.2, -0.15) is 16.1 Å². The zero-order valence-electron chi connectivity index (χ0n) is 16.6. The molecule has 29 heavy (non-hydrogen) atoms. The first kappa shape index (κ1) is 20.5. The molecule has 0 spiro atoms. The van der Waals surface area contributed by atoms with Crippen LogP contribution in [0.1, 0.15) is 47.3 Å². The molecule has 2 fully saturated rings. The molecular formula is C21H27N3O3S2. The molecular weight excluding hydrogens is 406 g/mol. The van der Waals surface area contributed by atoms with Gasteiger partial charge in [-0.25, -0.2) is 8.42 Å². The number of H-pyrrole nitrogens is 1. The zero-order valence-corrected chi connectivity index (χ0v) is 18.2. The fourth-order valence-corrected chi connectivity index (χ4v) is 6.85. The molecule has 1 saturated carbocycles. The van der Waals surface area contributed by atoms with E-state index in [4.69, 9.17) is 0 Å². The Hall–Kier alpha value is -1.77. The summed E-state index contributed by atoms with van der Waals surface area (Å²) in [5.41, 5.74) is 2.18. The van der Waals surface area contributed by atoms with Crippen LogP contribution in [0.5, 0.6) is 0 Å². The van der Waals surface area contributed by atoms with Crippen LogP contribution < -0.4 is 5.32 Å². The molecule has 4 rings (SSSR count). The van der Waals surface area contributed by atoms with Crippen molar-refractivity contribution in [2.24, 2.45) is 0 Å². The first-order valence-electron chi connectivity index (χ1n) is 10.1. The number of carbonyl (C=O) groups is 1. The lowest BCUT2D eigenvalue weighted by Gasteiger charge is -2.31. The van der Waals surface area contributed by atoms with Gasteiger partial charge in [-0.1, -0.05) is 42.7 Å². The third-order valence-corrected chi connectivity index (χ3v) is 8.71. The predicted octanol–water partition coefficient (Wildman–Crippen LogP) is 3.26. The van der Waals surface area contributed by atoms with E-state index >= 15 is 0 Å². The minimum Gasteiger partial charge on any atom is -0.356 e. The maximum Gasteiger partial charge on any atom is 0.268 e. The average Bonchev–Trinajstić information content (AvgIpc) is 3.40. The van der Waals surface area contributed by atoms with Gasteiger partial charge < -0.3 is 10.3 Å². The summed E-state index contributed by atoms with van der Waals surface area (Å²) in [4.78, 5) is 16.1. The summed E-state index contributed by atoms with van der Waals surface area (Å²) in [5, 5.41) is 3.21. The van der Waals surface area contributed by atoms with Crippen molar-refractivity contribution in [3.8, 4) is 0 Å². The highest BCUT2D eigenvalue weighted by molar-refractivity contribution is 7.99. The molecule has 0 unspecified atom stereocenters. The molecule has 1 amide bonds. The van der Waals surface area contributed by atoms with Gasteiger partial charge in [-0.3, -0.25) is 4.79 Å². The lowest BCUT2D eigenvalue weighted by Crippen LogP contribution is -2.44. The topological polar surface area (TPSA) is 82.3 Å². The molecule has 1 aromatic heterocycles. The van der Waals surface area contributed by atoms with Crippen molar-refractivity contribution in [2.45, 2.75) is 43.0 Å². The monoisotopic (exact) mass is 433 g/mol. The third kappa shape index (κ3) is 4.11. The van der Waals surface area contributed by atoms with Crippen LogP contribution in [0, 0.1) is 6.92 Å². The highest BCUT2D eigenvalue weighted by Crippen LogP contribution is 2.39. The Morgan fingerprint density at radius 1 is 1.17 bits per heavy atom. The number of sulfonamides is 1. The summed E-state index contributed by atoms with van der Waals surface area (Å²) in [6.07, 6.45) is 5.33. The number of rotatable bonds is 5. The van der Waals surface area contributed by atoms with Gasteiger partial charge in [0.1, 0.15) is 10.6 Å². The van der Waals surface area contributed by atoms with E-state index in [9.17, 15) is 13.2 Å². The summed E-state index contributed by atoms with van der Waals surface area (Å²) in [7, 11) is -3.57. The number of aromatic nitrogens is 1. The standard InChI is InChI=1S/C21H27N3O3S2/c1-16-5-4-6-17(13-16)21(7-2-3-8-21)23-20(25)19-14-18(15-22-19)29(26,27)24-9-11-28-12-10-24/h4-6,13-15,22H,2-3,7-12H2,1H3,(H,23,25). The molecule has 2 heterocycles. The molecule has 6 nitrogen and oxygen atoms in total. The number of thioether (sulfide) groups is 1. The number of nitrogens with one attached hydrogen (secondary N) is 2. The van der Waals surface area contributed by atoms with Gasteiger partial charge in [-0.15, -0.1) is 0 Å². The maximum absolute atomic E-state index is 13.0. The first-order chi connectivity index (χ1) is 13.9. The molecule has 0 atom stereocenters. The number of hydrogen-bond donors (Lipinski definition) is 2. The van der Waals surface area contributed by atoms with Crippen LogP contribution in [0.25, 0.3) is 0 Å². The summed E-state index contributed by atoms with van der Waals surface area (Å²) in [5.74, 6) is 1.34. The van der Waals surface area contributed by atoms with Crippen molar-refractivity contribution in [1.82, 2.24) is 14.6 Å². The minimum absolute atomic E-state index is 0.158. The molecule has 2 aliphatic rings. The van der Waals surface area contributed by atoms with E-state index in [1.807, 2.05) is 6.07 Å². The number of aryl methyl sites for hydroxylation is 1. The van der Waals surface area contributed by atoms with Crippen LogP contribution in [0.2, 0.25) is 0 Å². The molecule has 0 radical (unpaired) electrons. The van der Waals surface area contributed by atoms with E-state index in [0.29, 0.717) is 13.1 Å². The number of nitrogens with zero attached hydrogens (tertiary/aromatic N) is 1. The van der Waals surface area contributed by atoms with Crippen LogP contribution >= 0.6 is 11.8 Å². The highest BCUT2D eigenvalue weighted by Gasteiger charge is 2.38. The summed E-state index contributed by atoms with van der Waals surface area (Å²) < 4.78 is 27.2. The van der Waals surface area contributed by atoms with Crippen molar-refractivity contribution in [1.29, 1.82) is 0 Å². The number of benzene rings is 1. The number of hydrogen-bond acceptors (Lipinski definition) is 4. The smallest absolute Gasteiger partial charge is 0.268 e. The fourth-order valence-electron chi connectivity index (χ4n) is 4.28. The highest BCUT2D eigenvalue weighted by atomic mass is 32.2. The second kappa shape index (κ2) is 8.16. The second-order valence-electron chi connectivity index (χ2n) is 7.88. The van der Waals surface area contributed by atoms with Crippen LogP contribution in [0.3, 0.4) is 0 Å². The Bertz CT molecular complexity index is 988. The molecule has 1 saturated heterocycles. The van der Waals surface area contributed by atoms with Gasteiger partial charge in [0.2, 0.25) is 10.0 Å². The molecule has 156 valence electrons. The van der Waals surface area contributed by atoms with Crippen LogP contribution in [-0.4, -0.2) is 48.2 Å². The van der Waals surface area contributed by atoms with Gasteiger partial charge in [0.15, 0.2) is 0 Å². The van der Waals surface area contributed by atoms with Gasteiger partial charge >= 0.3 is 0 Å².